The maximum atomic E-state index is 6.10. The normalized spacial score (nSPS) is 22.8. The largest absolute Gasteiger partial charge is 0.475 e. The molecular formula is C27H30N2O2. The Balaban J connectivity index is 1.62. The Morgan fingerprint density at radius 1 is 0.774 bits per heavy atom. The van der Waals surface area contributed by atoms with Crippen molar-refractivity contribution >= 4 is 11.8 Å². The van der Waals surface area contributed by atoms with Crippen molar-refractivity contribution in [1.82, 2.24) is 0 Å². The van der Waals surface area contributed by atoms with Gasteiger partial charge in [0.25, 0.3) is 0 Å². The summed E-state index contributed by atoms with van der Waals surface area (Å²) in [6.07, 6.45) is 2.26. The minimum absolute atomic E-state index is 0.121. The van der Waals surface area contributed by atoms with Crippen LogP contribution in [0.4, 0.5) is 0 Å². The van der Waals surface area contributed by atoms with Gasteiger partial charge in [0.2, 0.25) is 11.8 Å². The topological polar surface area (TPSA) is 43.2 Å². The molecule has 5 rings (SSSR count). The molecule has 0 aromatic heterocycles. The first kappa shape index (κ1) is 20.0. The third-order valence-corrected chi connectivity index (χ3v) is 6.56. The Kier molecular flexibility index (Phi) is 5.17. The van der Waals surface area contributed by atoms with E-state index in [-0.39, 0.29) is 18.0 Å². The molecule has 3 aliphatic rings. The van der Waals surface area contributed by atoms with Gasteiger partial charge in [-0.15, -0.1) is 0 Å². The minimum atomic E-state index is 0.121. The molecule has 0 saturated carbocycles. The lowest BCUT2D eigenvalue weighted by Gasteiger charge is -2.13. The highest BCUT2D eigenvalue weighted by Gasteiger charge is 2.34. The first-order valence-corrected chi connectivity index (χ1v) is 11.3. The molecule has 0 radical (unpaired) electrons. The van der Waals surface area contributed by atoms with Crippen LogP contribution in [0.3, 0.4) is 0 Å². The second kappa shape index (κ2) is 7.99. The van der Waals surface area contributed by atoms with Gasteiger partial charge in [-0.1, -0.05) is 82.3 Å². The van der Waals surface area contributed by atoms with Crippen molar-refractivity contribution in [3.8, 4) is 11.1 Å². The fourth-order valence-corrected chi connectivity index (χ4v) is 4.53. The number of allylic oxidation sites excluding steroid dienone is 1. The van der Waals surface area contributed by atoms with Crippen LogP contribution in [0.25, 0.3) is 11.1 Å². The molecule has 2 aromatic carbocycles. The van der Waals surface area contributed by atoms with Crippen molar-refractivity contribution in [2.24, 2.45) is 21.8 Å². The summed E-state index contributed by atoms with van der Waals surface area (Å²) in [6, 6.07) is 17.6. The first-order valence-electron chi connectivity index (χ1n) is 11.3. The molecule has 4 nitrogen and oxygen atoms in total. The number of nitrogens with zero attached hydrogens (tertiary/aromatic N) is 2. The van der Waals surface area contributed by atoms with E-state index in [0.29, 0.717) is 36.8 Å². The average molecular weight is 415 g/mol. The number of benzene rings is 2. The number of aliphatic imine (C=N–C) groups is 2. The summed E-state index contributed by atoms with van der Waals surface area (Å²) in [5.74, 6) is 2.33. The van der Waals surface area contributed by atoms with Crippen LogP contribution in [0.1, 0.15) is 44.7 Å². The SMILES string of the molecule is CC(C)[C@@H]1COC(C(=CC2c3ccccc3-c3ccccc32)C2=N[C@@H](C(C)C)CO2)=N1. The monoisotopic (exact) mass is 414 g/mol. The molecule has 0 saturated heterocycles. The molecule has 0 N–H and O–H groups in total. The molecule has 1 aliphatic carbocycles. The molecule has 0 unspecified atom stereocenters. The highest BCUT2D eigenvalue weighted by atomic mass is 16.5. The molecule has 0 fully saturated rings. The van der Waals surface area contributed by atoms with Gasteiger partial charge in [0.05, 0.1) is 17.7 Å². The molecule has 2 heterocycles. The lowest BCUT2D eigenvalue weighted by molar-refractivity contribution is 0.284. The smallest absolute Gasteiger partial charge is 0.221 e. The second-order valence-electron chi connectivity index (χ2n) is 9.35. The second-order valence-corrected chi connectivity index (χ2v) is 9.35. The van der Waals surface area contributed by atoms with E-state index in [2.05, 4.69) is 82.3 Å². The van der Waals surface area contributed by atoms with Gasteiger partial charge in [-0.2, -0.15) is 0 Å². The zero-order valence-electron chi connectivity index (χ0n) is 18.7. The fourth-order valence-electron chi connectivity index (χ4n) is 4.53. The van der Waals surface area contributed by atoms with E-state index in [1.54, 1.807) is 0 Å². The van der Waals surface area contributed by atoms with E-state index in [4.69, 9.17) is 19.5 Å². The lowest BCUT2D eigenvalue weighted by atomic mass is 9.94. The van der Waals surface area contributed by atoms with Crippen LogP contribution in [-0.4, -0.2) is 37.1 Å². The van der Waals surface area contributed by atoms with E-state index in [9.17, 15) is 0 Å². The summed E-state index contributed by atoms with van der Waals surface area (Å²) < 4.78 is 12.2. The molecule has 160 valence electrons. The van der Waals surface area contributed by atoms with Gasteiger partial charge in [-0.25, -0.2) is 9.98 Å². The van der Waals surface area contributed by atoms with Crippen molar-refractivity contribution in [3.63, 3.8) is 0 Å². The van der Waals surface area contributed by atoms with E-state index < -0.39 is 0 Å². The van der Waals surface area contributed by atoms with Gasteiger partial charge >= 0.3 is 0 Å². The highest BCUT2D eigenvalue weighted by molar-refractivity contribution is 6.19. The maximum absolute atomic E-state index is 6.10. The van der Waals surface area contributed by atoms with Crippen molar-refractivity contribution in [2.45, 2.75) is 45.7 Å². The maximum Gasteiger partial charge on any atom is 0.221 e. The van der Waals surface area contributed by atoms with E-state index >= 15 is 0 Å². The third kappa shape index (κ3) is 3.58. The Labute approximate surface area is 184 Å². The number of fused-ring (bicyclic) bond motifs is 3. The van der Waals surface area contributed by atoms with Crippen molar-refractivity contribution in [3.05, 3.63) is 71.3 Å². The summed E-state index contributed by atoms with van der Waals surface area (Å²) in [5, 5.41) is 0. The molecule has 0 amide bonds. The molecule has 0 bridgehead atoms. The summed E-state index contributed by atoms with van der Waals surface area (Å²) in [4.78, 5) is 9.84. The van der Waals surface area contributed by atoms with Crippen LogP contribution >= 0.6 is 0 Å². The van der Waals surface area contributed by atoms with Crippen LogP contribution in [0.15, 0.2) is 70.2 Å². The van der Waals surface area contributed by atoms with Crippen LogP contribution in [-0.2, 0) is 9.47 Å². The Hall–Kier alpha value is -2.88. The summed E-state index contributed by atoms with van der Waals surface area (Å²) in [7, 11) is 0. The highest BCUT2D eigenvalue weighted by Crippen LogP contribution is 2.46. The Bertz CT molecular complexity index is 999. The van der Waals surface area contributed by atoms with Crippen LogP contribution in [0.2, 0.25) is 0 Å². The molecule has 2 aliphatic heterocycles. The van der Waals surface area contributed by atoms with Gasteiger partial charge < -0.3 is 9.47 Å². The van der Waals surface area contributed by atoms with E-state index in [0.717, 1.165) is 5.57 Å². The number of hydrogen-bond donors (Lipinski definition) is 0. The van der Waals surface area contributed by atoms with Gasteiger partial charge in [0.15, 0.2) is 0 Å². The Morgan fingerprint density at radius 2 is 1.23 bits per heavy atom. The molecular weight excluding hydrogens is 384 g/mol. The number of hydrogen-bond acceptors (Lipinski definition) is 4. The van der Waals surface area contributed by atoms with E-state index in [1.807, 2.05) is 0 Å². The standard InChI is InChI=1S/C27H30N2O2/c1-16(2)24-14-30-26(28-24)23(27-29-25(15-31-27)17(3)4)13-22-20-11-7-5-9-18(20)19-10-6-8-12-21(19)22/h5-13,16-17,22,24-25H,14-15H2,1-4H3/t24-,25+. The molecule has 31 heavy (non-hydrogen) atoms. The molecule has 2 atom stereocenters. The summed E-state index contributed by atoms with van der Waals surface area (Å²) in [6.45, 7) is 9.97. The van der Waals surface area contributed by atoms with Crippen LogP contribution < -0.4 is 0 Å². The van der Waals surface area contributed by atoms with Crippen molar-refractivity contribution in [2.75, 3.05) is 13.2 Å². The Morgan fingerprint density at radius 3 is 1.65 bits per heavy atom. The minimum Gasteiger partial charge on any atom is -0.475 e. The van der Waals surface area contributed by atoms with Crippen LogP contribution in [0, 0.1) is 11.8 Å². The fraction of sp³-hybridized carbons (Fsp3) is 0.407. The van der Waals surface area contributed by atoms with Gasteiger partial charge in [0.1, 0.15) is 13.2 Å². The zero-order chi connectivity index (χ0) is 21.5. The van der Waals surface area contributed by atoms with Gasteiger partial charge in [-0.05, 0) is 34.1 Å². The predicted octanol–water partition coefficient (Wildman–Crippen LogP) is 5.63. The van der Waals surface area contributed by atoms with Crippen molar-refractivity contribution < 1.29 is 9.47 Å². The van der Waals surface area contributed by atoms with Gasteiger partial charge in [-0.3, -0.25) is 0 Å². The van der Waals surface area contributed by atoms with Gasteiger partial charge in [0, 0.05) is 5.92 Å². The number of rotatable bonds is 5. The van der Waals surface area contributed by atoms with E-state index in [1.165, 1.54) is 22.3 Å². The zero-order valence-corrected chi connectivity index (χ0v) is 18.7. The summed E-state index contributed by atoms with van der Waals surface area (Å²) >= 11 is 0. The van der Waals surface area contributed by atoms with Crippen molar-refractivity contribution in [1.29, 1.82) is 0 Å². The lowest BCUT2D eigenvalue weighted by Crippen LogP contribution is -2.15. The number of ether oxygens (including phenoxy) is 2. The predicted molar refractivity (Wildman–Crippen MR) is 126 cm³/mol. The molecule has 4 heteroatoms. The quantitative estimate of drug-likeness (QED) is 0.636. The average Bonchev–Trinajstić information content (AvgIpc) is 3.50. The van der Waals surface area contributed by atoms with Crippen LogP contribution in [0.5, 0.6) is 0 Å². The third-order valence-electron chi connectivity index (χ3n) is 6.56. The molecule has 0 spiro atoms. The first-order chi connectivity index (χ1) is 15.0. The summed E-state index contributed by atoms with van der Waals surface area (Å²) in [5.41, 5.74) is 6.09. The molecule has 2 aromatic rings.